The summed E-state index contributed by atoms with van der Waals surface area (Å²) in [7, 11) is 1.69. The Morgan fingerprint density at radius 2 is 1.88 bits per heavy atom. The highest BCUT2D eigenvalue weighted by molar-refractivity contribution is 5.78. The average Bonchev–Trinajstić information content (AvgIpc) is 3.25. The molecule has 0 bridgehead atoms. The highest BCUT2D eigenvalue weighted by atomic mass is 16.5. The first-order valence-electron chi connectivity index (χ1n) is 11.1. The number of hydrogen-bond donors (Lipinski definition) is 2. The van der Waals surface area contributed by atoms with Crippen LogP contribution in [0.4, 0.5) is 0 Å². The fourth-order valence-corrected chi connectivity index (χ4v) is 3.46. The molecule has 2 aromatic heterocycles. The van der Waals surface area contributed by atoms with E-state index >= 15 is 0 Å². The third kappa shape index (κ3) is 6.09. The Morgan fingerprint density at radius 3 is 2.67 bits per heavy atom. The van der Waals surface area contributed by atoms with Crippen LogP contribution in [0, 0.1) is 0 Å². The molecule has 172 valence electrons. The predicted octanol–water partition coefficient (Wildman–Crippen LogP) is 4.73. The van der Waals surface area contributed by atoms with Crippen molar-refractivity contribution < 1.29 is 14.2 Å². The monoisotopic (exact) mass is 446 g/mol. The number of aromatic amines is 1. The molecule has 0 aliphatic carbocycles. The predicted molar refractivity (Wildman–Crippen MR) is 129 cm³/mol. The minimum atomic E-state index is 0.0344. The van der Waals surface area contributed by atoms with Crippen LogP contribution in [-0.4, -0.2) is 41.3 Å². The summed E-state index contributed by atoms with van der Waals surface area (Å²) >= 11 is 0. The number of methoxy groups -OCH3 is 1. The fraction of sp³-hybridized carbons (Fsp3) is 0.308. The molecule has 0 amide bonds. The second-order valence-corrected chi connectivity index (χ2v) is 8.07. The molecule has 2 N–H and O–H groups in total. The SMILES string of the molecule is COCCNCc1cnc2nc(-c3cc(OCc4ccccc4)ccc3OC(C)C)[nH]c2c1. The first kappa shape index (κ1) is 22.8. The molecule has 7 nitrogen and oxygen atoms in total. The molecule has 0 aliphatic heterocycles. The second kappa shape index (κ2) is 10.9. The van der Waals surface area contributed by atoms with Crippen LogP contribution in [0.2, 0.25) is 0 Å². The summed E-state index contributed by atoms with van der Waals surface area (Å²) in [6, 6.07) is 18.0. The number of H-pyrrole nitrogens is 1. The summed E-state index contributed by atoms with van der Waals surface area (Å²) in [5.41, 5.74) is 4.57. The Hall–Kier alpha value is -3.42. The number of hydrogen-bond acceptors (Lipinski definition) is 6. The van der Waals surface area contributed by atoms with Crippen LogP contribution in [0.3, 0.4) is 0 Å². The topological polar surface area (TPSA) is 81.3 Å². The molecule has 7 heteroatoms. The van der Waals surface area contributed by atoms with Gasteiger partial charge in [0, 0.05) is 26.4 Å². The number of nitrogens with one attached hydrogen (secondary N) is 2. The summed E-state index contributed by atoms with van der Waals surface area (Å²) in [5, 5.41) is 3.34. The van der Waals surface area contributed by atoms with Gasteiger partial charge in [0.25, 0.3) is 0 Å². The van der Waals surface area contributed by atoms with E-state index in [1.165, 1.54) is 0 Å². The third-order valence-corrected chi connectivity index (χ3v) is 5.02. The lowest BCUT2D eigenvalue weighted by molar-refractivity contribution is 0.199. The molecule has 0 radical (unpaired) electrons. The number of ether oxygens (including phenoxy) is 3. The van der Waals surface area contributed by atoms with Gasteiger partial charge in [0.05, 0.1) is 23.8 Å². The Balaban J connectivity index is 1.59. The molecule has 0 fully saturated rings. The number of rotatable bonds is 11. The van der Waals surface area contributed by atoms with E-state index in [9.17, 15) is 0 Å². The maximum atomic E-state index is 6.06. The highest BCUT2D eigenvalue weighted by Crippen LogP contribution is 2.34. The van der Waals surface area contributed by atoms with Gasteiger partial charge in [0.1, 0.15) is 23.9 Å². The van der Waals surface area contributed by atoms with Gasteiger partial charge >= 0.3 is 0 Å². The van der Waals surface area contributed by atoms with Crippen molar-refractivity contribution in [2.24, 2.45) is 0 Å². The van der Waals surface area contributed by atoms with Crippen molar-refractivity contribution in [2.45, 2.75) is 33.1 Å². The van der Waals surface area contributed by atoms with Gasteiger partial charge in [-0.05, 0) is 49.2 Å². The molecule has 33 heavy (non-hydrogen) atoms. The van der Waals surface area contributed by atoms with E-state index in [-0.39, 0.29) is 6.10 Å². The molecule has 2 aromatic carbocycles. The van der Waals surface area contributed by atoms with Crippen LogP contribution in [0.1, 0.15) is 25.0 Å². The largest absolute Gasteiger partial charge is 0.490 e. The molecule has 0 atom stereocenters. The summed E-state index contributed by atoms with van der Waals surface area (Å²) in [6.07, 6.45) is 1.88. The van der Waals surface area contributed by atoms with Crippen LogP contribution in [0.25, 0.3) is 22.6 Å². The van der Waals surface area contributed by atoms with E-state index in [1.807, 2.05) is 68.6 Å². The van der Waals surface area contributed by atoms with E-state index in [1.54, 1.807) is 7.11 Å². The summed E-state index contributed by atoms with van der Waals surface area (Å²) in [5.74, 6) is 2.20. The first-order chi connectivity index (χ1) is 16.1. The Kier molecular flexibility index (Phi) is 7.55. The Bertz CT molecular complexity index is 1170. The lowest BCUT2D eigenvalue weighted by Crippen LogP contribution is -2.18. The smallest absolute Gasteiger partial charge is 0.178 e. The minimum Gasteiger partial charge on any atom is -0.490 e. The van der Waals surface area contributed by atoms with E-state index in [2.05, 4.69) is 21.4 Å². The zero-order valence-corrected chi connectivity index (χ0v) is 19.3. The summed E-state index contributed by atoms with van der Waals surface area (Å²) < 4.78 is 17.2. The van der Waals surface area contributed by atoms with Crippen molar-refractivity contribution in [3.63, 3.8) is 0 Å². The standard InChI is InChI=1S/C26H30N4O3/c1-18(2)33-24-10-9-21(32-17-19-7-5-4-6-8-19)14-22(24)25-29-23-13-20(15-27-11-12-31-3)16-28-26(23)30-25/h4-10,13-14,16,18,27H,11-12,15,17H2,1-3H3,(H,28,29,30). The van der Waals surface area contributed by atoms with Gasteiger partial charge < -0.3 is 24.5 Å². The quantitative estimate of drug-likeness (QED) is 0.324. The summed E-state index contributed by atoms with van der Waals surface area (Å²) in [6.45, 7) is 6.68. The van der Waals surface area contributed by atoms with Crippen molar-refractivity contribution in [3.8, 4) is 22.9 Å². The van der Waals surface area contributed by atoms with Gasteiger partial charge in [-0.15, -0.1) is 0 Å². The van der Waals surface area contributed by atoms with Gasteiger partial charge in [0.2, 0.25) is 0 Å². The minimum absolute atomic E-state index is 0.0344. The van der Waals surface area contributed by atoms with E-state index in [0.717, 1.165) is 40.3 Å². The van der Waals surface area contributed by atoms with Gasteiger partial charge in [-0.25, -0.2) is 9.97 Å². The van der Waals surface area contributed by atoms with Crippen LogP contribution >= 0.6 is 0 Å². The number of imidazole rings is 1. The molecular weight excluding hydrogens is 416 g/mol. The number of nitrogens with zero attached hydrogens (tertiary/aromatic N) is 2. The number of benzene rings is 2. The van der Waals surface area contributed by atoms with Gasteiger partial charge in [-0.2, -0.15) is 0 Å². The zero-order chi connectivity index (χ0) is 23.0. The van der Waals surface area contributed by atoms with Crippen molar-refractivity contribution in [1.29, 1.82) is 0 Å². The van der Waals surface area contributed by atoms with Crippen LogP contribution in [0.5, 0.6) is 11.5 Å². The Morgan fingerprint density at radius 1 is 1.03 bits per heavy atom. The maximum Gasteiger partial charge on any atom is 0.178 e. The molecule has 4 aromatic rings. The summed E-state index contributed by atoms with van der Waals surface area (Å²) in [4.78, 5) is 12.7. The zero-order valence-electron chi connectivity index (χ0n) is 19.3. The number of fused-ring (bicyclic) bond motifs is 1. The molecule has 4 rings (SSSR count). The third-order valence-electron chi connectivity index (χ3n) is 5.02. The number of pyridine rings is 1. The van der Waals surface area contributed by atoms with Gasteiger partial charge in [0.15, 0.2) is 5.65 Å². The van der Waals surface area contributed by atoms with Crippen LogP contribution in [-0.2, 0) is 17.9 Å². The number of aromatic nitrogens is 3. The lowest BCUT2D eigenvalue weighted by atomic mass is 10.1. The highest BCUT2D eigenvalue weighted by Gasteiger charge is 2.15. The van der Waals surface area contributed by atoms with Crippen LogP contribution in [0.15, 0.2) is 60.8 Å². The van der Waals surface area contributed by atoms with E-state index in [4.69, 9.17) is 19.2 Å². The molecule has 0 unspecified atom stereocenters. The van der Waals surface area contributed by atoms with Crippen molar-refractivity contribution in [2.75, 3.05) is 20.3 Å². The van der Waals surface area contributed by atoms with E-state index in [0.29, 0.717) is 31.2 Å². The molecule has 0 saturated heterocycles. The fourth-order valence-electron chi connectivity index (χ4n) is 3.46. The van der Waals surface area contributed by atoms with E-state index < -0.39 is 0 Å². The van der Waals surface area contributed by atoms with Crippen molar-refractivity contribution in [1.82, 2.24) is 20.3 Å². The molecule has 0 spiro atoms. The second-order valence-electron chi connectivity index (χ2n) is 8.07. The van der Waals surface area contributed by atoms with Crippen molar-refractivity contribution >= 4 is 11.2 Å². The Labute approximate surface area is 194 Å². The van der Waals surface area contributed by atoms with Crippen LogP contribution < -0.4 is 14.8 Å². The normalized spacial score (nSPS) is 11.3. The van der Waals surface area contributed by atoms with Gasteiger partial charge in [-0.1, -0.05) is 30.3 Å². The molecular formula is C26H30N4O3. The molecule has 0 saturated carbocycles. The molecule has 2 heterocycles. The lowest BCUT2D eigenvalue weighted by Gasteiger charge is -2.15. The van der Waals surface area contributed by atoms with Gasteiger partial charge in [-0.3, -0.25) is 0 Å². The first-order valence-corrected chi connectivity index (χ1v) is 11.1. The maximum absolute atomic E-state index is 6.06. The average molecular weight is 447 g/mol. The molecule has 0 aliphatic rings. The van der Waals surface area contributed by atoms with Crippen molar-refractivity contribution in [3.05, 3.63) is 71.9 Å².